The summed E-state index contributed by atoms with van der Waals surface area (Å²) in [6.07, 6.45) is 3.07. The first kappa shape index (κ1) is 17.3. The average molecular weight is 369 g/mol. The fourth-order valence-electron chi connectivity index (χ4n) is 3.77. The van der Waals surface area contributed by atoms with Gasteiger partial charge in [-0.2, -0.15) is 0 Å². The van der Waals surface area contributed by atoms with Crippen molar-refractivity contribution in [3.8, 4) is 0 Å². The van der Waals surface area contributed by atoms with Gasteiger partial charge in [0.1, 0.15) is 0 Å². The van der Waals surface area contributed by atoms with E-state index in [2.05, 4.69) is 30.1 Å². The second-order valence-electron chi connectivity index (χ2n) is 6.99. The van der Waals surface area contributed by atoms with Crippen molar-refractivity contribution >= 4 is 17.7 Å². The molecule has 5 nitrogen and oxygen atoms in total. The molecule has 26 heavy (non-hydrogen) atoms. The zero-order chi connectivity index (χ0) is 18.1. The number of hydrogen-bond acceptors (Lipinski definition) is 4. The minimum atomic E-state index is -0.0876. The normalized spacial score (nSPS) is 18.5. The van der Waals surface area contributed by atoms with E-state index in [0.717, 1.165) is 42.4 Å². The number of aryl methyl sites for hydroxylation is 1. The molecule has 3 heterocycles. The zero-order valence-corrected chi connectivity index (χ0v) is 15.8. The van der Waals surface area contributed by atoms with Crippen molar-refractivity contribution < 1.29 is 4.79 Å². The molecule has 0 aliphatic carbocycles. The maximum absolute atomic E-state index is 12.8. The van der Waals surface area contributed by atoms with Gasteiger partial charge >= 0.3 is 0 Å². The Bertz CT molecular complexity index is 893. The molecule has 4 rings (SSSR count). The molecule has 2 aliphatic heterocycles. The summed E-state index contributed by atoms with van der Waals surface area (Å²) in [5.74, 6) is 0.871. The van der Waals surface area contributed by atoms with Crippen LogP contribution in [-0.2, 0) is 24.2 Å². The Morgan fingerprint density at radius 1 is 1.31 bits per heavy atom. The van der Waals surface area contributed by atoms with Gasteiger partial charge < -0.3 is 4.90 Å². The molecule has 0 bridgehead atoms. The van der Waals surface area contributed by atoms with E-state index >= 15 is 0 Å². The third-order valence-corrected chi connectivity index (χ3v) is 6.24. The predicted molar refractivity (Wildman–Crippen MR) is 102 cm³/mol. The van der Waals surface area contributed by atoms with Crippen LogP contribution in [0.4, 0.5) is 0 Å². The Labute approximate surface area is 157 Å². The molecule has 1 atom stereocenters. The van der Waals surface area contributed by atoms with Gasteiger partial charge in [0.2, 0.25) is 5.91 Å². The topological polar surface area (TPSA) is 55.2 Å². The second-order valence-corrected chi connectivity index (χ2v) is 7.98. The highest BCUT2D eigenvalue weighted by molar-refractivity contribution is 7.99. The van der Waals surface area contributed by atoms with Crippen LogP contribution in [-0.4, -0.2) is 32.7 Å². The standard InChI is InChI=1S/C20H23N3O2S/c1-2-5-16-10-19(25)23-17(13-26-20(23)21-16)11-18(24)22-9-8-14-6-3-4-7-15(14)12-22/h3-4,6-7,10,17H,2,5,8-9,11-13H2,1H3. The first-order valence-electron chi connectivity index (χ1n) is 9.25. The van der Waals surface area contributed by atoms with Crippen LogP contribution in [0.1, 0.15) is 42.6 Å². The number of carbonyl (C=O) groups excluding carboxylic acids is 1. The summed E-state index contributed by atoms with van der Waals surface area (Å²) in [5.41, 5.74) is 3.40. The molecule has 6 heteroatoms. The van der Waals surface area contributed by atoms with Crippen LogP contribution < -0.4 is 5.56 Å². The number of carbonyl (C=O) groups is 1. The summed E-state index contributed by atoms with van der Waals surface area (Å²) in [7, 11) is 0. The number of fused-ring (bicyclic) bond motifs is 2. The van der Waals surface area contributed by atoms with Crippen LogP contribution in [0.2, 0.25) is 0 Å². The van der Waals surface area contributed by atoms with E-state index in [0.29, 0.717) is 13.0 Å². The highest BCUT2D eigenvalue weighted by atomic mass is 32.2. The van der Waals surface area contributed by atoms with Crippen LogP contribution in [0, 0.1) is 0 Å². The van der Waals surface area contributed by atoms with Crippen LogP contribution in [0.3, 0.4) is 0 Å². The number of hydrogen-bond donors (Lipinski definition) is 0. The third-order valence-electron chi connectivity index (χ3n) is 5.14. The van der Waals surface area contributed by atoms with Gasteiger partial charge in [0.15, 0.2) is 5.16 Å². The summed E-state index contributed by atoms with van der Waals surface area (Å²) in [6.45, 7) is 3.51. The van der Waals surface area contributed by atoms with Crippen LogP contribution >= 0.6 is 11.8 Å². The highest BCUT2D eigenvalue weighted by Gasteiger charge is 2.30. The molecule has 0 radical (unpaired) electrons. The summed E-state index contributed by atoms with van der Waals surface area (Å²) < 4.78 is 1.72. The fraction of sp³-hybridized carbons (Fsp3) is 0.450. The van der Waals surface area contributed by atoms with Crippen molar-refractivity contribution in [1.29, 1.82) is 0 Å². The van der Waals surface area contributed by atoms with Gasteiger partial charge in [-0.25, -0.2) is 4.98 Å². The Balaban J connectivity index is 1.48. The molecular formula is C20H23N3O2S. The van der Waals surface area contributed by atoms with E-state index in [9.17, 15) is 9.59 Å². The molecule has 0 spiro atoms. The largest absolute Gasteiger partial charge is 0.338 e. The Morgan fingerprint density at radius 2 is 2.12 bits per heavy atom. The van der Waals surface area contributed by atoms with E-state index in [1.165, 1.54) is 11.1 Å². The van der Waals surface area contributed by atoms with E-state index in [-0.39, 0.29) is 17.5 Å². The van der Waals surface area contributed by atoms with Gasteiger partial charge in [0, 0.05) is 37.0 Å². The van der Waals surface area contributed by atoms with Crippen molar-refractivity contribution in [1.82, 2.24) is 14.5 Å². The number of thioether (sulfide) groups is 1. The lowest BCUT2D eigenvalue weighted by Crippen LogP contribution is -2.38. The van der Waals surface area contributed by atoms with Gasteiger partial charge in [0.05, 0.1) is 6.04 Å². The number of nitrogens with zero attached hydrogens (tertiary/aromatic N) is 3. The number of rotatable bonds is 4. The molecule has 1 aromatic carbocycles. The molecule has 1 unspecified atom stereocenters. The number of benzene rings is 1. The molecule has 0 fully saturated rings. The lowest BCUT2D eigenvalue weighted by atomic mass is 9.99. The quantitative estimate of drug-likeness (QED) is 0.778. The monoisotopic (exact) mass is 369 g/mol. The molecular weight excluding hydrogens is 346 g/mol. The zero-order valence-electron chi connectivity index (χ0n) is 15.0. The highest BCUT2D eigenvalue weighted by Crippen LogP contribution is 2.33. The van der Waals surface area contributed by atoms with Crippen molar-refractivity contribution in [2.75, 3.05) is 12.3 Å². The predicted octanol–water partition coefficient (Wildman–Crippen LogP) is 2.82. The van der Waals surface area contributed by atoms with E-state index in [1.54, 1.807) is 22.4 Å². The van der Waals surface area contributed by atoms with Crippen molar-refractivity contribution in [2.45, 2.75) is 50.4 Å². The summed E-state index contributed by atoms with van der Waals surface area (Å²) in [6, 6.07) is 9.85. The van der Waals surface area contributed by atoms with Crippen LogP contribution in [0.5, 0.6) is 0 Å². The van der Waals surface area contributed by atoms with E-state index < -0.39 is 0 Å². The van der Waals surface area contributed by atoms with E-state index in [4.69, 9.17) is 0 Å². The molecule has 1 aromatic heterocycles. The minimum Gasteiger partial charge on any atom is -0.338 e. The number of amides is 1. The average Bonchev–Trinajstić information content (AvgIpc) is 3.04. The Morgan fingerprint density at radius 3 is 2.92 bits per heavy atom. The van der Waals surface area contributed by atoms with Crippen LogP contribution in [0.15, 0.2) is 40.3 Å². The lowest BCUT2D eigenvalue weighted by Gasteiger charge is -2.29. The van der Waals surface area contributed by atoms with Gasteiger partial charge in [-0.05, 0) is 24.0 Å². The molecule has 0 saturated heterocycles. The van der Waals surface area contributed by atoms with Gasteiger partial charge in [-0.1, -0.05) is 49.4 Å². The summed E-state index contributed by atoms with van der Waals surface area (Å²) in [4.78, 5) is 31.9. The van der Waals surface area contributed by atoms with Crippen molar-refractivity contribution in [3.63, 3.8) is 0 Å². The van der Waals surface area contributed by atoms with Gasteiger partial charge in [-0.3, -0.25) is 14.2 Å². The maximum Gasteiger partial charge on any atom is 0.254 e. The van der Waals surface area contributed by atoms with Crippen LogP contribution in [0.25, 0.3) is 0 Å². The Hall–Kier alpha value is -2.08. The Kier molecular flexibility index (Phi) is 4.85. The molecule has 0 N–H and O–H groups in total. The SMILES string of the molecule is CCCc1cc(=O)n2c(n1)SCC2CC(=O)N1CCc2ccccc2C1. The number of aromatic nitrogens is 2. The molecule has 0 saturated carbocycles. The van der Waals surface area contributed by atoms with Gasteiger partial charge in [0.25, 0.3) is 5.56 Å². The minimum absolute atomic E-state index is 0.0229. The summed E-state index contributed by atoms with van der Waals surface area (Å²) in [5, 5.41) is 0.766. The smallest absolute Gasteiger partial charge is 0.254 e. The van der Waals surface area contributed by atoms with Crippen molar-refractivity contribution in [3.05, 3.63) is 57.5 Å². The first-order chi connectivity index (χ1) is 12.7. The van der Waals surface area contributed by atoms with Crippen molar-refractivity contribution in [2.24, 2.45) is 0 Å². The molecule has 1 amide bonds. The molecule has 2 aliphatic rings. The molecule has 2 aromatic rings. The fourth-order valence-corrected chi connectivity index (χ4v) is 4.94. The second kappa shape index (κ2) is 7.27. The van der Waals surface area contributed by atoms with E-state index in [1.807, 2.05) is 11.0 Å². The summed E-state index contributed by atoms with van der Waals surface area (Å²) >= 11 is 1.59. The maximum atomic E-state index is 12.8. The molecule has 136 valence electrons. The van der Waals surface area contributed by atoms with Gasteiger partial charge in [-0.15, -0.1) is 0 Å². The first-order valence-corrected chi connectivity index (χ1v) is 10.2. The lowest BCUT2D eigenvalue weighted by molar-refractivity contribution is -0.132. The third kappa shape index (κ3) is 3.30.